The first kappa shape index (κ1) is 21.8. The van der Waals surface area contributed by atoms with Gasteiger partial charge < -0.3 is 15.4 Å². The largest absolute Gasteiger partial charge is 0.457 e. The molecule has 0 aromatic heterocycles. The summed E-state index contributed by atoms with van der Waals surface area (Å²) >= 11 is 0. The Labute approximate surface area is 184 Å². The van der Waals surface area contributed by atoms with Gasteiger partial charge in [-0.25, -0.2) is 0 Å². The van der Waals surface area contributed by atoms with Crippen LogP contribution < -0.4 is 15.4 Å². The zero-order valence-electron chi connectivity index (χ0n) is 16.5. The number of carbonyl (C=O) groups excluding carboxylic acids is 2. The molecule has 0 saturated heterocycles. The number of hydrogen-bond acceptors (Lipinski definition) is 5. The van der Waals surface area contributed by atoms with E-state index in [0.717, 1.165) is 10.6 Å². The van der Waals surface area contributed by atoms with E-state index >= 15 is 0 Å². The molecule has 0 aliphatic heterocycles. The van der Waals surface area contributed by atoms with Gasteiger partial charge >= 0.3 is 0 Å². The maximum Gasteiger partial charge on any atom is 0.252 e. The van der Waals surface area contributed by atoms with Crippen molar-refractivity contribution in [3.8, 4) is 11.5 Å². The zero-order chi connectivity index (χ0) is 21.2. The summed E-state index contributed by atoms with van der Waals surface area (Å²) in [5.41, 5.74) is 1.16. The van der Waals surface area contributed by atoms with Crippen LogP contribution in [0.15, 0.2) is 83.8 Å². The fourth-order valence-corrected chi connectivity index (χ4v) is 4.37. The second-order valence-electron chi connectivity index (χ2n) is 6.16. The molecule has 2 N–H and O–H groups in total. The summed E-state index contributed by atoms with van der Waals surface area (Å²) in [6.45, 7) is 1.94. The lowest BCUT2D eigenvalue weighted by molar-refractivity contribution is -0.115. The lowest BCUT2D eigenvalue weighted by Crippen LogP contribution is -2.33. The first-order valence-corrected chi connectivity index (χ1v) is 11.8. The lowest BCUT2D eigenvalue weighted by atomic mass is 10.2. The Hall–Kier alpha value is -2.90. The summed E-state index contributed by atoms with van der Waals surface area (Å²) in [5.74, 6) is 1.68. The van der Waals surface area contributed by atoms with Crippen LogP contribution in [0, 0.1) is 0 Å². The van der Waals surface area contributed by atoms with E-state index in [2.05, 4.69) is 17.6 Å². The van der Waals surface area contributed by atoms with Crippen LogP contribution in [0.4, 0.5) is 5.69 Å². The number of rotatable bonds is 9. The monoisotopic (exact) mass is 438 g/mol. The summed E-state index contributed by atoms with van der Waals surface area (Å²) in [7, 11) is 3.22. The summed E-state index contributed by atoms with van der Waals surface area (Å²) < 4.78 is 5.78. The number of nitrogens with one attached hydrogen (secondary N) is 2. The van der Waals surface area contributed by atoms with E-state index < -0.39 is 0 Å². The van der Waals surface area contributed by atoms with E-state index in [4.69, 9.17) is 4.74 Å². The van der Waals surface area contributed by atoms with Crippen molar-refractivity contribution < 1.29 is 14.3 Å². The summed E-state index contributed by atoms with van der Waals surface area (Å²) in [4.78, 5) is 25.7. The van der Waals surface area contributed by atoms with Crippen LogP contribution in [-0.2, 0) is 4.79 Å². The van der Waals surface area contributed by atoms with Crippen LogP contribution in [0.1, 0.15) is 17.3 Å². The maximum absolute atomic E-state index is 12.5. The van der Waals surface area contributed by atoms with Gasteiger partial charge in [0.1, 0.15) is 11.5 Å². The Morgan fingerprint density at radius 1 is 0.900 bits per heavy atom. The Balaban J connectivity index is 1.55. The highest BCUT2D eigenvalue weighted by Crippen LogP contribution is 2.33. The minimum absolute atomic E-state index is 0.122. The van der Waals surface area contributed by atoms with Gasteiger partial charge in [0.15, 0.2) is 0 Å². The lowest BCUT2D eigenvalue weighted by Gasteiger charge is -2.11. The van der Waals surface area contributed by atoms with Gasteiger partial charge in [-0.3, -0.25) is 9.59 Å². The second-order valence-corrected chi connectivity index (χ2v) is 8.79. The number of benzene rings is 3. The van der Waals surface area contributed by atoms with Crippen LogP contribution in [0.3, 0.4) is 0 Å². The van der Waals surface area contributed by atoms with Crippen molar-refractivity contribution in [2.45, 2.75) is 11.8 Å². The van der Waals surface area contributed by atoms with E-state index in [1.54, 1.807) is 45.9 Å². The fourth-order valence-electron chi connectivity index (χ4n) is 2.57. The molecule has 0 aliphatic rings. The predicted octanol–water partition coefficient (Wildman–Crippen LogP) is 5.61. The van der Waals surface area contributed by atoms with Crippen molar-refractivity contribution in [3.05, 3.63) is 84.4 Å². The third-order valence-corrected chi connectivity index (χ3v) is 6.39. The molecule has 7 heteroatoms. The third kappa shape index (κ3) is 6.57. The molecule has 0 heterocycles. The number of ether oxygens (including phenoxy) is 1. The molecule has 0 unspecified atom stereocenters. The van der Waals surface area contributed by atoms with Gasteiger partial charge in [-0.15, -0.1) is 0 Å². The van der Waals surface area contributed by atoms with Crippen LogP contribution in [0.25, 0.3) is 0 Å². The van der Waals surface area contributed by atoms with Crippen molar-refractivity contribution in [1.29, 1.82) is 0 Å². The molecule has 154 valence electrons. The van der Waals surface area contributed by atoms with Crippen molar-refractivity contribution in [3.63, 3.8) is 0 Å². The minimum Gasteiger partial charge on any atom is -0.457 e. The first-order chi connectivity index (χ1) is 14.7. The number of para-hydroxylation sites is 1. The first-order valence-electron chi connectivity index (χ1n) is 9.45. The highest BCUT2D eigenvalue weighted by Gasteiger charge is 2.13. The van der Waals surface area contributed by atoms with Gasteiger partial charge in [0.25, 0.3) is 5.91 Å². The van der Waals surface area contributed by atoms with E-state index in [1.807, 2.05) is 54.6 Å². The third-order valence-electron chi connectivity index (χ3n) is 3.90. The second kappa shape index (κ2) is 11.3. The van der Waals surface area contributed by atoms with Gasteiger partial charge in [-0.05, 0) is 36.4 Å². The standard InChI is InChI=1S/C23H22N2O3S2/c1-2-29-30-21-14-7-6-13-20(21)23(27)24-16-22(26)25-17-9-8-12-19(15-17)28-18-10-4-3-5-11-18/h3-15H,2,16H2,1H3,(H,24,27)(H,25,26). The van der Waals surface area contributed by atoms with Gasteiger partial charge in [0.05, 0.1) is 12.1 Å². The molecular formula is C23H22N2O3S2. The Morgan fingerprint density at radius 2 is 1.63 bits per heavy atom. The van der Waals surface area contributed by atoms with Crippen LogP contribution in [-0.4, -0.2) is 24.1 Å². The van der Waals surface area contributed by atoms with Gasteiger partial charge in [0.2, 0.25) is 5.91 Å². The van der Waals surface area contributed by atoms with Crippen molar-refractivity contribution in [2.75, 3.05) is 17.6 Å². The Bertz CT molecular complexity index is 997. The summed E-state index contributed by atoms with van der Waals surface area (Å²) in [6, 6.07) is 23.9. The van der Waals surface area contributed by atoms with Crippen LogP contribution in [0.5, 0.6) is 11.5 Å². The number of anilines is 1. The van der Waals surface area contributed by atoms with Crippen LogP contribution >= 0.6 is 21.6 Å². The molecule has 0 bridgehead atoms. The molecule has 5 nitrogen and oxygen atoms in total. The van der Waals surface area contributed by atoms with Crippen molar-refractivity contribution in [1.82, 2.24) is 5.32 Å². The summed E-state index contributed by atoms with van der Waals surface area (Å²) in [5, 5.41) is 5.47. The zero-order valence-corrected chi connectivity index (χ0v) is 18.1. The summed E-state index contributed by atoms with van der Waals surface area (Å²) in [6.07, 6.45) is 0. The molecule has 3 rings (SSSR count). The highest BCUT2D eigenvalue weighted by atomic mass is 33.1. The van der Waals surface area contributed by atoms with Crippen molar-refractivity contribution in [2.24, 2.45) is 0 Å². The Kier molecular flexibility index (Phi) is 8.23. The van der Waals surface area contributed by atoms with E-state index in [1.165, 1.54) is 0 Å². The van der Waals surface area contributed by atoms with E-state index in [0.29, 0.717) is 22.7 Å². The maximum atomic E-state index is 12.5. The quantitative estimate of drug-likeness (QED) is 0.425. The molecule has 3 aromatic rings. The van der Waals surface area contributed by atoms with Gasteiger partial charge in [-0.1, -0.05) is 64.9 Å². The molecule has 0 atom stereocenters. The molecule has 0 aliphatic carbocycles. The molecule has 0 fully saturated rings. The average Bonchev–Trinajstić information content (AvgIpc) is 2.77. The van der Waals surface area contributed by atoms with Gasteiger partial charge in [-0.2, -0.15) is 0 Å². The molecular weight excluding hydrogens is 416 g/mol. The Morgan fingerprint density at radius 3 is 2.43 bits per heavy atom. The molecule has 3 aromatic carbocycles. The SMILES string of the molecule is CCSSc1ccccc1C(=O)NCC(=O)Nc1cccc(Oc2ccccc2)c1. The molecule has 2 amide bonds. The smallest absolute Gasteiger partial charge is 0.252 e. The van der Waals surface area contributed by atoms with E-state index in [-0.39, 0.29) is 18.4 Å². The number of hydrogen-bond donors (Lipinski definition) is 2. The topological polar surface area (TPSA) is 67.4 Å². The van der Waals surface area contributed by atoms with Crippen LogP contribution in [0.2, 0.25) is 0 Å². The fraction of sp³-hybridized carbons (Fsp3) is 0.130. The predicted molar refractivity (Wildman–Crippen MR) is 124 cm³/mol. The highest BCUT2D eigenvalue weighted by molar-refractivity contribution is 8.76. The number of carbonyl (C=O) groups is 2. The van der Waals surface area contributed by atoms with Gasteiger partial charge in [0, 0.05) is 22.4 Å². The molecule has 0 radical (unpaired) electrons. The normalized spacial score (nSPS) is 10.3. The number of amides is 2. The molecule has 0 saturated carbocycles. The van der Waals surface area contributed by atoms with Crippen molar-refractivity contribution >= 4 is 39.1 Å². The minimum atomic E-state index is -0.312. The average molecular weight is 439 g/mol. The van der Waals surface area contributed by atoms with E-state index in [9.17, 15) is 9.59 Å². The molecule has 0 spiro atoms. The molecule has 30 heavy (non-hydrogen) atoms.